The van der Waals surface area contributed by atoms with Gasteiger partial charge in [-0.3, -0.25) is 0 Å². The summed E-state index contributed by atoms with van der Waals surface area (Å²) in [7, 11) is 0. The number of fused-ring (bicyclic) bond motifs is 11. The van der Waals surface area contributed by atoms with Gasteiger partial charge < -0.3 is 0 Å². The predicted octanol–water partition coefficient (Wildman–Crippen LogP) is 7.43. The Labute approximate surface area is 141 Å². The molecule has 5 fully saturated rings. The van der Waals surface area contributed by atoms with Crippen LogP contribution in [0.5, 0.6) is 0 Å². The molecular formula is C22H44. The molecule has 4 bridgehead atoms. The van der Waals surface area contributed by atoms with Crippen molar-refractivity contribution in [1.29, 1.82) is 0 Å². The molecule has 22 heavy (non-hydrogen) atoms. The van der Waals surface area contributed by atoms with Crippen LogP contribution in [0.2, 0.25) is 0 Å². The lowest BCUT2D eigenvalue weighted by Crippen LogP contribution is -2.27. The van der Waals surface area contributed by atoms with E-state index in [0.717, 1.165) is 0 Å². The van der Waals surface area contributed by atoms with Gasteiger partial charge in [-0.25, -0.2) is 0 Å². The third kappa shape index (κ3) is 2.89. The Morgan fingerprint density at radius 3 is 1.14 bits per heavy atom. The molecule has 132 valence electrons. The van der Waals surface area contributed by atoms with Crippen LogP contribution in [0, 0.1) is 47.3 Å². The Morgan fingerprint density at radius 1 is 0.455 bits per heavy atom. The van der Waals surface area contributed by atoms with Crippen molar-refractivity contribution in [3.8, 4) is 0 Å². The molecule has 5 aliphatic carbocycles. The first-order valence-corrected chi connectivity index (χ1v) is 10.4. The van der Waals surface area contributed by atoms with Crippen LogP contribution in [0.4, 0.5) is 0 Å². The molecule has 5 aliphatic rings. The molecule has 0 radical (unpaired) electrons. The van der Waals surface area contributed by atoms with Gasteiger partial charge in [0.05, 0.1) is 0 Å². The van der Waals surface area contributed by atoms with Crippen molar-refractivity contribution in [2.75, 3.05) is 0 Å². The normalized spacial score (nSPS) is 47.7. The maximum absolute atomic E-state index is 2.00. The summed E-state index contributed by atoms with van der Waals surface area (Å²) in [6, 6.07) is 0. The number of hydrogen-bond donors (Lipinski definition) is 0. The summed E-state index contributed by atoms with van der Waals surface area (Å²) in [6.45, 7) is 12.0. The van der Waals surface area contributed by atoms with E-state index in [9.17, 15) is 0 Å². The third-order valence-corrected chi connectivity index (χ3v) is 7.30. The van der Waals surface area contributed by atoms with Gasteiger partial charge in [0.15, 0.2) is 0 Å². The van der Waals surface area contributed by atoms with E-state index >= 15 is 0 Å². The Hall–Kier alpha value is 0. The topological polar surface area (TPSA) is 0 Å². The molecule has 0 amide bonds. The van der Waals surface area contributed by atoms with E-state index in [1.54, 1.807) is 44.9 Å². The first-order chi connectivity index (χ1) is 10.4. The highest BCUT2D eigenvalue weighted by atomic mass is 14.7. The first kappa shape index (κ1) is 20.0. The van der Waals surface area contributed by atoms with Gasteiger partial charge in [0, 0.05) is 0 Å². The minimum Gasteiger partial charge on any atom is -0.0776 e. The van der Waals surface area contributed by atoms with Crippen molar-refractivity contribution in [3.05, 3.63) is 0 Å². The summed E-state index contributed by atoms with van der Waals surface area (Å²) in [5, 5.41) is 0. The summed E-state index contributed by atoms with van der Waals surface area (Å²) in [4.78, 5) is 0. The maximum atomic E-state index is 2.00. The van der Waals surface area contributed by atoms with Crippen molar-refractivity contribution in [2.24, 2.45) is 47.3 Å². The second-order valence-electron chi connectivity index (χ2n) is 7.38. The quantitative estimate of drug-likeness (QED) is 0.436. The second kappa shape index (κ2) is 8.74. The van der Waals surface area contributed by atoms with Crippen LogP contribution in [0.15, 0.2) is 0 Å². The summed E-state index contributed by atoms with van der Waals surface area (Å²) in [5.41, 5.74) is 0. The van der Waals surface area contributed by atoms with Gasteiger partial charge in [0.1, 0.15) is 0 Å². The molecule has 0 heteroatoms. The van der Waals surface area contributed by atoms with Crippen molar-refractivity contribution in [2.45, 2.75) is 93.9 Å². The lowest BCUT2D eigenvalue weighted by Gasteiger charge is -2.33. The van der Waals surface area contributed by atoms with E-state index in [-0.39, 0.29) is 7.43 Å². The van der Waals surface area contributed by atoms with E-state index in [1.165, 1.54) is 47.3 Å². The fourth-order valence-electron chi connectivity index (χ4n) is 7.12. The molecule has 0 saturated heterocycles. The van der Waals surface area contributed by atoms with E-state index in [4.69, 9.17) is 0 Å². The lowest BCUT2D eigenvalue weighted by molar-refractivity contribution is 0.153. The van der Waals surface area contributed by atoms with Gasteiger partial charge >= 0.3 is 0 Å². The van der Waals surface area contributed by atoms with Crippen LogP contribution in [0.25, 0.3) is 0 Å². The van der Waals surface area contributed by atoms with Crippen LogP contribution in [-0.2, 0) is 0 Å². The minimum atomic E-state index is 0. The zero-order valence-electron chi connectivity index (χ0n) is 15.6. The zero-order chi connectivity index (χ0) is 15.6. The summed E-state index contributed by atoms with van der Waals surface area (Å²) >= 11 is 0. The molecule has 8 atom stereocenters. The summed E-state index contributed by atoms with van der Waals surface area (Å²) < 4.78 is 0. The highest BCUT2D eigenvalue weighted by Gasteiger charge is 2.63. The Kier molecular flexibility index (Phi) is 7.96. The van der Waals surface area contributed by atoms with Crippen molar-refractivity contribution in [1.82, 2.24) is 0 Å². The van der Waals surface area contributed by atoms with E-state index in [2.05, 4.69) is 0 Å². The summed E-state index contributed by atoms with van der Waals surface area (Å²) in [6.07, 6.45) is 11.4. The summed E-state index contributed by atoms with van der Waals surface area (Å²) in [5.74, 6) is 9.73. The SMILES string of the molecule is C.C1CC2CC1C1CC3C4CCC(C4)C3C21.CC.CC.CC. The Balaban J connectivity index is 0.000000315. The highest BCUT2D eigenvalue weighted by molar-refractivity contribution is 5.12. The lowest BCUT2D eigenvalue weighted by atomic mass is 9.72. The van der Waals surface area contributed by atoms with Gasteiger partial charge in [-0.2, -0.15) is 0 Å². The van der Waals surface area contributed by atoms with Gasteiger partial charge in [-0.15, -0.1) is 0 Å². The largest absolute Gasteiger partial charge is 0.0776 e. The fraction of sp³-hybridized carbons (Fsp3) is 1.00. The molecule has 0 aromatic rings. The van der Waals surface area contributed by atoms with Crippen LogP contribution in [0.1, 0.15) is 93.9 Å². The molecule has 0 aromatic heterocycles. The molecule has 0 N–H and O–H groups in total. The molecular weight excluding hydrogens is 264 g/mol. The van der Waals surface area contributed by atoms with Crippen LogP contribution in [0.3, 0.4) is 0 Å². The standard InChI is InChI=1S/C15H22.3C2H6.CH4/c1-3-10-5-8(1)12-7-13-9-2-4-11(6-9)15(13)14(10)12;3*1-2;/h8-15H,1-7H2;3*1-2H3;1H4. The molecule has 0 heterocycles. The fourth-order valence-corrected chi connectivity index (χ4v) is 7.12. The average Bonchev–Trinajstić information content (AvgIpc) is 3.33. The molecule has 8 unspecified atom stereocenters. The Morgan fingerprint density at radius 2 is 0.773 bits per heavy atom. The average molecular weight is 309 g/mol. The molecule has 0 spiro atoms. The Bertz CT molecular complexity index is 277. The monoisotopic (exact) mass is 308 g/mol. The van der Waals surface area contributed by atoms with Crippen molar-refractivity contribution >= 4 is 0 Å². The smallest absolute Gasteiger partial charge is 0.0321 e. The molecule has 0 nitrogen and oxygen atoms in total. The molecule has 5 rings (SSSR count). The highest BCUT2D eigenvalue weighted by Crippen LogP contribution is 2.70. The molecule has 0 aliphatic heterocycles. The third-order valence-electron chi connectivity index (χ3n) is 7.30. The first-order valence-electron chi connectivity index (χ1n) is 10.4. The second-order valence-corrected chi connectivity index (χ2v) is 7.38. The zero-order valence-corrected chi connectivity index (χ0v) is 15.6. The van der Waals surface area contributed by atoms with Gasteiger partial charge in [0.2, 0.25) is 0 Å². The number of rotatable bonds is 0. The van der Waals surface area contributed by atoms with E-state index in [0.29, 0.717) is 0 Å². The van der Waals surface area contributed by atoms with Crippen molar-refractivity contribution in [3.63, 3.8) is 0 Å². The predicted molar refractivity (Wildman–Crippen MR) is 101 cm³/mol. The van der Waals surface area contributed by atoms with Gasteiger partial charge in [0.25, 0.3) is 0 Å². The maximum Gasteiger partial charge on any atom is -0.0321 e. The molecule has 0 aromatic carbocycles. The molecule has 5 saturated carbocycles. The number of hydrogen-bond acceptors (Lipinski definition) is 0. The van der Waals surface area contributed by atoms with E-state index < -0.39 is 0 Å². The van der Waals surface area contributed by atoms with Gasteiger partial charge in [-0.1, -0.05) is 49.0 Å². The van der Waals surface area contributed by atoms with Crippen molar-refractivity contribution < 1.29 is 0 Å². The van der Waals surface area contributed by atoms with E-state index in [1.807, 2.05) is 41.5 Å². The van der Waals surface area contributed by atoms with Crippen LogP contribution in [-0.4, -0.2) is 0 Å². The van der Waals surface area contributed by atoms with Crippen LogP contribution >= 0.6 is 0 Å². The minimum absolute atomic E-state index is 0. The van der Waals surface area contributed by atoms with Crippen LogP contribution < -0.4 is 0 Å². The van der Waals surface area contributed by atoms with Gasteiger partial charge in [-0.05, 0) is 92.3 Å².